The van der Waals surface area contributed by atoms with Crippen molar-refractivity contribution in [2.45, 2.75) is 38.3 Å². The molecule has 0 spiro atoms. The molecule has 2 fully saturated rings. The van der Waals surface area contributed by atoms with Gasteiger partial charge in [0, 0.05) is 25.7 Å². The highest BCUT2D eigenvalue weighted by Gasteiger charge is 2.31. The fraction of sp³-hybridized carbons (Fsp3) is 0.917. The first-order chi connectivity index (χ1) is 8.20. The van der Waals surface area contributed by atoms with Gasteiger partial charge in [-0.15, -0.1) is 0 Å². The largest absolute Gasteiger partial charge is 0.389 e. The molecule has 2 heterocycles. The number of amides is 2. The van der Waals surface area contributed by atoms with E-state index in [1.165, 1.54) is 6.42 Å². The summed E-state index contributed by atoms with van der Waals surface area (Å²) in [6.45, 7) is 6.37. The van der Waals surface area contributed by atoms with Crippen molar-refractivity contribution in [1.29, 1.82) is 0 Å². The molecule has 5 nitrogen and oxygen atoms in total. The Morgan fingerprint density at radius 1 is 1.41 bits per heavy atom. The fourth-order valence-electron chi connectivity index (χ4n) is 2.77. The van der Waals surface area contributed by atoms with Gasteiger partial charge in [-0.25, -0.2) is 4.79 Å². The Balaban J connectivity index is 1.84. The zero-order chi connectivity index (χ0) is 12.3. The zero-order valence-electron chi connectivity index (χ0n) is 10.6. The van der Waals surface area contributed by atoms with E-state index in [0.29, 0.717) is 19.1 Å². The monoisotopic (exact) mass is 241 g/mol. The van der Waals surface area contributed by atoms with Crippen molar-refractivity contribution < 1.29 is 9.90 Å². The van der Waals surface area contributed by atoms with E-state index in [0.717, 1.165) is 32.5 Å². The lowest BCUT2D eigenvalue weighted by Gasteiger charge is -2.41. The van der Waals surface area contributed by atoms with Crippen LogP contribution in [0, 0.1) is 0 Å². The summed E-state index contributed by atoms with van der Waals surface area (Å²) in [7, 11) is 0. The Kier molecular flexibility index (Phi) is 4.23. The van der Waals surface area contributed by atoms with Crippen LogP contribution in [0.4, 0.5) is 4.79 Å². The number of nitrogens with zero attached hydrogens (tertiary/aromatic N) is 2. The highest BCUT2D eigenvalue weighted by molar-refractivity contribution is 5.75. The average Bonchev–Trinajstić information content (AvgIpc) is 2.34. The van der Waals surface area contributed by atoms with Crippen molar-refractivity contribution in [1.82, 2.24) is 15.1 Å². The fourth-order valence-corrected chi connectivity index (χ4v) is 2.77. The second kappa shape index (κ2) is 5.69. The first kappa shape index (κ1) is 12.6. The van der Waals surface area contributed by atoms with Gasteiger partial charge in [0.15, 0.2) is 0 Å². The maximum atomic E-state index is 11.7. The normalized spacial score (nSPS) is 28.2. The summed E-state index contributed by atoms with van der Waals surface area (Å²) in [5, 5.41) is 12.3. The number of hydrogen-bond acceptors (Lipinski definition) is 3. The van der Waals surface area contributed by atoms with Gasteiger partial charge in [0.1, 0.15) is 0 Å². The molecule has 1 atom stereocenters. The Bertz CT molecular complexity index is 264. The molecule has 17 heavy (non-hydrogen) atoms. The van der Waals surface area contributed by atoms with Crippen LogP contribution in [0.1, 0.15) is 26.2 Å². The molecule has 0 bridgehead atoms. The number of aliphatic hydroxyl groups is 1. The molecule has 2 N–H and O–H groups in total. The number of carbonyl (C=O) groups excluding carboxylic acids is 1. The second-order valence-electron chi connectivity index (χ2n) is 5.07. The molecule has 98 valence electrons. The Morgan fingerprint density at radius 2 is 2.12 bits per heavy atom. The minimum Gasteiger partial charge on any atom is -0.389 e. The number of urea groups is 1. The standard InChI is InChI=1S/C12H23N3O2/c1-2-5-14-6-3-10(4-7-14)15-9-11(16)8-13-12(15)17/h10-11,16H,2-9H2,1H3,(H,13,17). The molecule has 2 aliphatic rings. The molecule has 0 saturated carbocycles. The van der Waals surface area contributed by atoms with Crippen LogP contribution in [0.15, 0.2) is 0 Å². The molecule has 2 rings (SSSR count). The van der Waals surface area contributed by atoms with Crippen molar-refractivity contribution in [3.63, 3.8) is 0 Å². The Morgan fingerprint density at radius 3 is 2.76 bits per heavy atom. The Labute approximate surface area is 103 Å². The molecule has 2 aliphatic heterocycles. The van der Waals surface area contributed by atoms with Gasteiger partial charge in [-0.2, -0.15) is 0 Å². The average molecular weight is 241 g/mol. The molecule has 2 amide bonds. The lowest BCUT2D eigenvalue weighted by atomic mass is 10.0. The molecular weight excluding hydrogens is 218 g/mol. The third kappa shape index (κ3) is 3.10. The van der Waals surface area contributed by atoms with E-state index in [1.807, 2.05) is 4.90 Å². The molecule has 1 unspecified atom stereocenters. The number of likely N-dealkylation sites (tertiary alicyclic amines) is 1. The molecule has 0 aromatic rings. The van der Waals surface area contributed by atoms with Crippen LogP contribution in [-0.4, -0.2) is 65.8 Å². The van der Waals surface area contributed by atoms with Crippen LogP contribution in [0.2, 0.25) is 0 Å². The van der Waals surface area contributed by atoms with Crippen molar-refractivity contribution in [3.05, 3.63) is 0 Å². The van der Waals surface area contributed by atoms with E-state index in [-0.39, 0.29) is 6.03 Å². The number of carbonyl (C=O) groups is 1. The highest BCUT2D eigenvalue weighted by Crippen LogP contribution is 2.18. The topological polar surface area (TPSA) is 55.8 Å². The van der Waals surface area contributed by atoms with E-state index >= 15 is 0 Å². The minimum absolute atomic E-state index is 0.00996. The quantitative estimate of drug-likeness (QED) is 0.744. The van der Waals surface area contributed by atoms with E-state index in [1.54, 1.807) is 0 Å². The summed E-state index contributed by atoms with van der Waals surface area (Å²) in [4.78, 5) is 16.0. The number of β-amino-alcohol motifs (C(OH)–C–C–N with tert-alkyl or cyclic N) is 1. The third-order valence-corrected chi connectivity index (χ3v) is 3.69. The van der Waals surface area contributed by atoms with Gasteiger partial charge in [0.2, 0.25) is 0 Å². The molecule has 0 aliphatic carbocycles. The number of nitrogens with one attached hydrogen (secondary N) is 1. The van der Waals surface area contributed by atoms with Crippen molar-refractivity contribution in [2.24, 2.45) is 0 Å². The van der Waals surface area contributed by atoms with Crippen LogP contribution in [-0.2, 0) is 0 Å². The summed E-state index contributed by atoms with van der Waals surface area (Å²) in [5.74, 6) is 0. The first-order valence-corrected chi connectivity index (χ1v) is 6.65. The predicted octanol–water partition coefficient (Wildman–Crippen LogP) is 0.247. The summed E-state index contributed by atoms with van der Waals surface area (Å²) in [6, 6.07) is 0.294. The molecule has 2 saturated heterocycles. The third-order valence-electron chi connectivity index (χ3n) is 3.69. The van der Waals surface area contributed by atoms with Gasteiger partial charge in [-0.3, -0.25) is 0 Å². The van der Waals surface area contributed by atoms with E-state index in [9.17, 15) is 9.90 Å². The lowest BCUT2D eigenvalue weighted by molar-refractivity contribution is 0.0566. The molecule has 0 aromatic heterocycles. The summed E-state index contributed by atoms with van der Waals surface area (Å²) >= 11 is 0. The number of hydrogen-bond donors (Lipinski definition) is 2. The minimum atomic E-state index is -0.415. The van der Waals surface area contributed by atoms with Crippen molar-refractivity contribution in [2.75, 3.05) is 32.7 Å². The number of rotatable bonds is 3. The zero-order valence-corrected chi connectivity index (χ0v) is 10.6. The highest BCUT2D eigenvalue weighted by atomic mass is 16.3. The van der Waals surface area contributed by atoms with E-state index in [2.05, 4.69) is 17.1 Å². The van der Waals surface area contributed by atoms with E-state index in [4.69, 9.17) is 0 Å². The van der Waals surface area contributed by atoms with Gasteiger partial charge in [0.25, 0.3) is 0 Å². The number of piperidine rings is 1. The van der Waals surface area contributed by atoms with Crippen LogP contribution in [0.3, 0.4) is 0 Å². The number of aliphatic hydroxyl groups excluding tert-OH is 1. The van der Waals surface area contributed by atoms with Gasteiger partial charge < -0.3 is 20.2 Å². The maximum absolute atomic E-state index is 11.7. The Hall–Kier alpha value is -0.810. The van der Waals surface area contributed by atoms with Crippen LogP contribution < -0.4 is 5.32 Å². The van der Waals surface area contributed by atoms with Crippen LogP contribution in [0.5, 0.6) is 0 Å². The van der Waals surface area contributed by atoms with Gasteiger partial charge >= 0.3 is 6.03 Å². The molecule has 5 heteroatoms. The molecular formula is C12H23N3O2. The van der Waals surface area contributed by atoms with Crippen LogP contribution >= 0.6 is 0 Å². The predicted molar refractivity (Wildman–Crippen MR) is 65.9 cm³/mol. The smallest absolute Gasteiger partial charge is 0.317 e. The van der Waals surface area contributed by atoms with Gasteiger partial charge in [0.05, 0.1) is 12.6 Å². The van der Waals surface area contributed by atoms with Crippen molar-refractivity contribution in [3.8, 4) is 0 Å². The molecule has 0 aromatic carbocycles. The molecule has 0 radical (unpaired) electrons. The van der Waals surface area contributed by atoms with Crippen LogP contribution in [0.25, 0.3) is 0 Å². The SMILES string of the molecule is CCCN1CCC(N2CC(O)CNC2=O)CC1. The summed E-state index contributed by atoms with van der Waals surface area (Å²) in [5.41, 5.74) is 0. The maximum Gasteiger partial charge on any atom is 0.317 e. The summed E-state index contributed by atoms with van der Waals surface area (Å²) < 4.78 is 0. The van der Waals surface area contributed by atoms with Crippen molar-refractivity contribution >= 4 is 6.03 Å². The first-order valence-electron chi connectivity index (χ1n) is 6.65. The summed E-state index contributed by atoms with van der Waals surface area (Å²) in [6.07, 6.45) is 2.83. The second-order valence-corrected chi connectivity index (χ2v) is 5.07. The van der Waals surface area contributed by atoms with Gasteiger partial charge in [-0.1, -0.05) is 6.92 Å². The lowest BCUT2D eigenvalue weighted by Crippen LogP contribution is -2.58. The van der Waals surface area contributed by atoms with E-state index < -0.39 is 6.10 Å². The van der Waals surface area contributed by atoms with Gasteiger partial charge in [-0.05, 0) is 25.8 Å².